The van der Waals surface area contributed by atoms with Gasteiger partial charge in [0.1, 0.15) is 0 Å². The fourth-order valence-electron chi connectivity index (χ4n) is 1.15. The monoisotopic (exact) mass is 247 g/mol. The van der Waals surface area contributed by atoms with E-state index in [4.69, 9.17) is 33.7 Å². The smallest absolute Gasteiger partial charge is 0.310 e. The summed E-state index contributed by atoms with van der Waals surface area (Å²) in [5.41, 5.74) is 6.55. The summed E-state index contributed by atoms with van der Waals surface area (Å²) in [6.45, 7) is 2.08. The van der Waals surface area contributed by atoms with Gasteiger partial charge in [-0.05, 0) is 19.1 Å². The number of benzene rings is 1. The molecule has 0 spiro atoms. The van der Waals surface area contributed by atoms with E-state index in [9.17, 15) is 4.79 Å². The lowest BCUT2D eigenvalue weighted by atomic mass is 10.1. The van der Waals surface area contributed by atoms with Crippen molar-refractivity contribution >= 4 is 34.9 Å². The third-order valence-electron chi connectivity index (χ3n) is 1.79. The van der Waals surface area contributed by atoms with Crippen LogP contribution < -0.4 is 5.73 Å². The minimum absolute atomic E-state index is 0.0613. The number of nitrogen functional groups attached to an aromatic ring is 1. The van der Waals surface area contributed by atoms with Crippen LogP contribution in [-0.4, -0.2) is 12.6 Å². The summed E-state index contributed by atoms with van der Waals surface area (Å²) >= 11 is 11.8. The molecule has 0 unspecified atom stereocenters. The van der Waals surface area contributed by atoms with Crippen LogP contribution in [0.1, 0.15) is 12.5 Å². The highest BCUT2D eigenvalue weighted by atomic mass is 35.5. The predicted octanol–water partition coefficient (Wildman–Crippen LogP) is 2.68. The van der Waals surface area contributed by atoms with Gasteiger partial charge >= 0.3 is 5.97 Å². The Morgan fingerprint density at radius 2 is 1.93 bits per heavy atom. The second-order valence-corrected chi connectivity index (χ2v) is 3.76. The van der Waals surface area contributed by atoms with Crippen LogP contribution in [-0.2, 0) is 16.0 Å². The van der Waals surface area contributed by atoms with Gasteiger partial charge < -0.3 is 10.5 Å². The summed E-state index contributed by atoms with van der Waals surface area (Å²) < 4.78 is 4.80. The number of anilines is 1. The summed E-state index contributed by atoms with van der Waals surface area (Å²) in [5, 5.41) is 0.765. The molecule has 0 amide bonds. The number of carbonyl (C=O) groups excluding carboxylic acids is 1. The summed E-state index contributed by atoms with van der Waals surface area (Å²) in [5.74, 6) is -0.355. The maximum atomic E-state index is 11.2. The zero-order chi connectivity index (χ0) is 11.4. The van der Waals surface area contributed by atoms with Gasteiger partial charge in [0.2, 0.25) is 0 Å². The molecule has 15 heavy (non-hydrogen) atoms. The molecule has 0 saturated carbocycles. The molecule has 0 aliphatic heterocycles. The lowest BCUT2D eigenvalue weighted by Gasteiger charge is -2.07. The van der Waals surface area contributed by atoms with Crippen molar-refractivity contribution in [2.45, 2.75) is 13.3 Å². The maximum Gasteiger partial charge on any atom is 0.310 e. The standard InChI is InChI=1S/C10H11Cl2NO2/c1-2-15-10(14)5-7-8(11)3-6(13)4-9(7)12/h3-4H,2,5,13H2,1H3. The van der Waals surface area contributed by atoms with E-state index in [-0.39, 0.29) is 12.4 Å². The van der Waals surface area contributed by atoms with E-state index >= 15 is 0 Å². The van der Waals surface area contributed by atoms with Crippen molar-refractivity contribution in [3.8, 4) is 0 Å². The SMILES string of the molecule is CCOC(=O)Cc1c(Cl)cc(N)cc1Cl. The lowest BCUT2D eigenvalue weighted by molar-refractivity contribution is -0.142. The highest BCUT2D eigenvalue weighted by Gasteiger charge is 2.12. The molecule has 1 aromatic rings. The molecule has 0 saturated heterocycles. The summed E-state index contributed by atoms with van der Waals surface area (Å²) in [4.78, 5) is 11.2. The number of halogens is 2. The van der Waals surface area contributed by atoms with Crippen LogP contribution in [0.5, 0.6) is 0 Å². The Bertz CT molecular complexity index is 357. The summed E-state index contributed by atoms with van der Waals surface area (Å²) in [6.07, 6.45) is 0.0613. The predicted molar refractivity (Wildman–Crippen MR) is 61.2 cm³/mol. The Labute approximate surface area is 98.1 Å². The Kier molecular flexibility index (Phi) is 4.24. The van der Waals surface area contributed by atoms with Crippen molar-refractivity contribution in [3.05, 3.63) is 27.7 Å². The molecule has 2 N–H and O–H groups in total. The van der Waals surface area contributed by atoms with E-state index in [0.29, 0.717) is 27.9 Å². The van der Waals surface area contributed by atoms with Gasteiger partial charge in [0, 0.05) is 21.3 Å². The van der Waals surface area contributed by atoms with Gasteiger partial charge in [-0.25, -0.2) is 0 Å². The molecule has 0 heterocycles. The van der Waals surface area contributed by atoms with Gasteiger partial charge in [0.05, 0.1) is 13.0 Å². The van der Waals surface area contributed by atoms with Gasteiger partial charge in [-0.15, -0.1) is 0 Å². The Balaban J connectivity index is 2.90. The highest BCUT2D eigenvalue weighted by Crippen LogP contribution is 2.28. The molecule has 1 rings (SSSR count). The molecular weight excluding hydrogens is 237 g/mol. The van der Waals surface area contributed by atoms with E-state index in [1.54, 1.807) is 19.1 Å². The van der Waals surface area contributed by atoms with Crippen molar-refractivity contribution in [1.29, 1.82) is 0 Å². The summed E-state index contributed by atoms with van der Waals surface area (Å²) in [6, 6.07) is 3.12. The number of nitrogens with two attached hydrogens (primary N) is 1. The molecule has 0 aliphatic carbocycles. The highest BCUT2D eigenvalue weighted by molar-refractivity contribution is 6.36. The van der Waals surface area contributed by atoms with Crippen molar-refractivity contribution in [2.24, 2.45) is 0 Å². The number of hydrogen-bond donors (Lipinski definition) is 1. The van der Waals surface area contributed by atoms with Crippen molar-refractivity contribution in [1.82, 2.24) is 0 Å². The molecule has 82 valence electrons. The number of esters is 1. The topological polar surface area (TPSA) is 52.3 Å². The van der Waals surface area contributed by atoms with Crippen LogP contribution in [0.25, 0.3) is 0 Å². The Morgan fingerprint density at radius 1 is 1.40 bits per heavy atom. The molecule has 5 heteroatoms. The third-order valence-corrected chi connectivity index (χ3v) is 2.46. The van der Waals surface area contributed by atoms with Crippen LogP contribution in [0.2, 0.25) is 10.0 Å². The number of rotatable bonds is 3. The second kappa shape index (κ2) is 5.24. The first-order valence-corrected chi connectivity index (χ1v) is 5.19. The average Bonchev–Trinajstić information content (AvgIpc) is 2.11. The van der Waals surface area contributed by atoms with Gasteiger partial charge in [0.25, 0.3) is 0 Å². The van der Waals surface area contributed by atoms with Gasteiger partial charge in [0.15, 0.2) is 0 Å². The van der Waals surface area contributed by atoms with E-state index < -0.39 is 0 Å². The first-order valence-electron chi connectivity index (χ1n) is 4.43. The molecule has 0 aliphatic rings. The van der Waals surface area contributed by atoms with E-state index in [2.05, 4.69) is 0 Å². The molecular formula is C10H11Cl2NO2. The molecule has 1 aromatic carbocycles. The molecule has 0 aromatic heterocycles. The second-order valence-electron chi connectivity index (χ2n) is 2.94. The normalized spacial score (nSPS) is 10.1. The number of ether oxygens (including phenoxy) is 1. The van der Waals surface area contributed by atoms with Crippen LogP contribution >= 0.6 is 23.2 Å². The molecule has 0 bridgehead atoms. The lowest BCUT2D eigenvalue weighted by Crippen LogP contribution is -2.08. The maximum absolute atomic E-state index is 11.2. The largest absolute Gasteiger partial charge is 0.466 e. The van der Waals surface area contributed by atoms with Gasteiger partial charge in [-0.1, -0.05) is 23.2 Å². The fraction of sp³-hybridized carbons (Fsp3) is 0.300. The van der Waals surface area contributed by atoms with Crippen molar-refractivity contribution < 1.29 is 9.53 Å². The minimum Gasteiger partial charge on any atom is -0.466 e. The Morgan fingerprint density at radius 3 is 2.40 bits per heavy atom. The number of hydrogen-bond acceptors (Lipinski definition) is 3. The molecule has 0 radical (unpaired) electrons. The van der Waals surface area contributed by atoms with E-state index in [1.165, 1.54) is 0 Å². The molecule has 0 atom stereocenters. The minimum atomic E-state index is -0.355. The number of carbonyl (C=O) groups is 1. The quantitative estimate of drug-likeness (QED) is 0.660. The average molecular weight is 248 g/mol. The van der Waals surface area contributed by atoms with Gasteiger partial charge in [-0.3, -0.25) is 4.79 Å². The van der Waals surface area contributed by atoms with E-state index in [0.717, 1.165) is 0 Å². The van der Waals surface area contributed by atoms with Crippen LogP contribution in [0, 0.1) is 0 Å². The van der Waals surface area contributed by atoms with Crippen LogP contribution in [0.15, 0.2) is 12.1 Å². The van der Waals surface area contributed by atoms with Crippen molar-refractivity contribution in [3.63, 3.8) is 0 Å². The van der Waals surface area contributed by atoms with Crippen LogP contribution in [0.3, 0.4) is 0 Å². The first-order chi connectivity index (χ1) is 7.04. The Hall–Kier alpha value is -0.930. The first kappa shape index (κ1) is 12.1. The van der Waals surface area contributed by atoms with E-state index in [1.807, 2.05) is 0 Å². The fourth-order valence-corrected chi connectivity index (χ4v) is 1.79. The molecule has 0 fully saturated rings. The zero-order valence-corrected chi connectivity index (χ0v) is 9.73. The molecule has 3 nitrogen and oxygen atoms in total. The van der Waals surface area contributed by atoms with Gasteiger partial charge in [-0.2, -0.15) is 0 Å². The zero-order valence-electron chi connectivity index (χ0n) is 8.22. The van der Waals surface area contributed by atoms with Crippen molar-refractivity contribution in [2.75, 3.05) is 12.3 Å². The van der Waals surface area contributed by atoms with Crippen LogP contribution in [0.4, 0.5) is 5.69 Å². The third kappa shape index (κ3) is 3.29. The summed E-state index contributed by atoms with van der Waals surface area (Å²) in [7, 11) is 0.